The molecule has 0 saturated heterocycles. The lowest BCUT2D eigenvalue weighted by Crippen LogP contribution is -2.41. The molecule has 0 spiro atoms. The van der Waals surface area contributed by atoms with Gasteiger partial charge in [-0.1, -0.05) is 30.3 Å². The summed E-state index contributed by atoms with van der Waals surface area (Å²) in [7, 11) is 2.25. The number of benzene rings is 2. The average molecular weight is 606 g/mol. The molecule has 0 saturated carbocycles. The number of aryl methyl sites for hydroxylation is 1. The van der Waals surface area contributed by atoms with Crippen molar-refractivity contribution in [2.45, 2.75) is 12.8 Å². The molecule has 3 rings (SSSR count). The van der Waals surface area contributed by atoms with E-state index in [1.54, 1.807) is 37.3 Å². The van der Waals surface area contributed by atoms with Crippen LogP contribution in [0.2, 0.25) is 0 Å². The lowest BCUT2D eigenvalue weighted by molar-refractivity contribution is -0.386. The maximum atomic E-state index is 13.2. The van der Waals surface area contributed by atoms with Gasteiger partial charge in [-0.25, -0.2) is 9.59 Å². The molecule has 0 bridgehead atoms. The Labute approximate surface area is 217 Å². The van der Waals surface area contributed by atoms with Crippen molar-refractivity contribution in [2.24, 2.45) is 5.73 Å². The molecule has 2 aromatic rings. The maximum absolute atomic E-state index is 13.2. The highest BCUT2D eigenvalue weighted by molar-refractivity contribution is 9.11. The minimum absolute atomic E-state index is 0.0293. The van der Waals surface area contributed by atoms with Crippen molar-refractivity contribution in [1.29, 1.82) is 5.26 Å². The first kappa shape index (κ1) is 25.9. The molecule has 1 aliphatic heterocycles. The third-order valence-electron chi connectivity index (χ3n) is 5.38. The fourth-order valence-electron chi connectivity index (χ4n) is 3.90. The molecule has 1 atom stereocenters. The van der Waals surface area contributed by atoms with Gasteiger partial charge < -0.3 is 15.2 Å². The van der Waals surface area contributed by atoms with Gasteiger partial charge in [-0.2, -0.15) is 5.26 Å². The van der Waals surface area contributed by atoms with Crippen LogP contribution in [0.1, 0.15) is 17.0 Å². The number of nitriles is 1. The number of esters is 2. The van der Waals surface area contributed by atoms with E-state index in [0.29, 0.717) is 11.1 Å². The molecule has 0 aromatic heterocycles. The second-order valence-corrected chi connectivity index (χ2v) is 8.93. The molecule has 0 fully saturated rings. The van der Waals surface area contributed by atoms with Gasteiger partial charge in [0.05, 0.1) is 52.4 Å². The Bertz CT molecular complexity index is 1350. The highest BCUT2D eigenvalue weighted by Crippen LogP contribution is 2.49. The fraction of sp³-hybridized carbons (Fsp3) is 0.174. The normalized spacial score (nSPS) is 15.5. The summed E-state index contributed by atoms with van der Waals surface area (Å²) in [5, 5.41) is 21.9. The number of nitro benzene ring substituents is 1. The van der Waals surface area contributed by atoms with Gasteiger partial charge in [0.15, 0.2) is 0 Å². The number of carbonyl (C=O) groups is 2. The van der Waals surface area contributed by atoms with E-state index in [1.165, 1.54) is 6.07 Å². The number of anilines is 1. The molecule has 12 heteroatoms. The molecule has 2 aromatic carbocycles. The molecule has 1 aliphatic rings. The number of rotatable bonds is 5. The van der Waals surface area contributed by atoms with Gasteiger partial charge in [0, 0.05) is 0 Å². The van der Waals surface area contributed by atoms with E-state index in [9.17, 15) is 25.0 Å². The largest absolute Gasteiger partial charge is 0.466 e. The molecule has 1 heterocycles. The smallest absolute Gasteiger partial charge is 0.355 e. The van der Waals surface area contributed by atoms with Crippen LogP contribution in [-0.2, 0) is 19.1 Å². The van der Waals surface area contributed by atoms with Crippen LogP contribution in [0.15, 0.2) is 68.0 Å². The third kappa shape index (κ3) is 4.40. The molecule has 0 aliphatic carbocycles. The summed E-state index contributed by atoms with van der Waals surface area (Å²) < 4.78 is 10.1. The van der Waals surface area contributed by atoms with E-state index in [-0.39, 0.29) is 43.0 Å². The summed E-state index contributed by atoms with van der Waals surface area (Å²) in [6, 6.07) is 12.0. The third-order valence-corrected chi connectivity index (χ3v) is 6.73. The summed E-state index contributed by atoms with van der Waals surface area (Å²) in [4.78, 5) is 38.5. The highest BCUT2D eigenvalue weighted by Gasteiger charge is 2.44. The minimum Gasteiger partial charge on any atom is -0.466 e. The summed E-state index contributed by atoms with van der Waals surface area (Å²) in [5.41, 5.74) is 6.57. The number of hydrogen-bond acceptors (Lipinski definition) is 9. The van der Waals surface area contributed by atoms with Gasteiger partial charge in [-0.05, 0) is 56.0 Å². The Morgan fingerprint density at radius 3 is 2.29 bits per heavy atom. The molecule has 0 radical (unpaired) electrons. The average Bonchev–Trinajstić information content (AvgIpc) is 2.83. The lowest BCUT2D eigenvalue weighted by Gasteiger charge is -2.36. The van der Waals surface area contributed by atoms with Gasteiger partial charge in [-0.15, -0.1) is 0 Å². The van der Waals surface area contributed by atoms with Crippen LogP contribution in [0.4, 0.5) is 11.4 Å². The number of allylic oxidation sites excluding steroid dienone is 1. The van der Waals surface area contributed by atoms with Crippen molar-refractivity contribution in [2.75, 3.05) is 19.1 Å². The highest BCUT2D eigenvalue weighted by atomic mass is 79.9. The maximum Gasteiger partial charge on any atom is 0.355 e. The van der Waals surface area contributed by atoms with E-state index in [4.69, 9.17) is 15.2 Å². The van der Waals surface area contributed by atoms with Crippen molar-refractivity contribution in [1.82, 2.24) is 0 Å². The van der Waals surface area contributed by atoms with Gasteiger partial charge in [-0.3, -0.25) is 15.0 Å². The number of nitrogens with zero attached hydrogens (tertiary/aromatic N) is 3. The monoisotopic (exact) mass is 604 g/mol. The van der Waals surface area contributed by atoms with E-state index < -0.39 is 22.8 Å². The van der Waals surface area contributed by atoms with Crippen molar-refractivity contribution < 1.29 is 24.0 Å². The molecule has 35 heavy (non-hydrogen) atoms. The number of ether oxygens (including phenoxy) is 2. The Balaban J connectivity index is 2.53. The molecular formula is C23H18Br2N4O6. The SMILES string of the molecule is COC(=O)C1=C(C(=O)OC)N(c2c(C)cc(Br)c([N+](=O)[O-])c2Br)C(N)=C(C#N)C1c1ccccc1. The second-order valence-electron chi connectivity index (χ2n) is 7.28. The summed E-state index contributed by atoms with van der Waals surface area (Å²) in [5.74, 6) is -3.11. The van der Waals surface area contributed by atoms with E-state index in [0.717, 1.165) is 19.1 Å². The molecule has 1 unspecified atom stereocenters. The molecule has 10 nitrogen and oxygen atoms in total. The number of methoxy groups -OCH3 is 2. The van der Waals surface area contributed by atoms with Crippen LogP contribution in [0.3, 0.4) is 0 Å². The minimum atomic E-state index is -1.05. The predicted octanol–water partition coefficient (Wildman–Crippen LogP) is 4.33. The molecule has 180 valence electrons. The van der Waals surface area contributed by atoms with Gasteiger partial charge in [0.2, 0.25) is 0 Å². The molecule has 0 amide bonds. The van der Waals surface area contributed by atoms with Crippen LogP contribution >= 0.6 is 31.9 Å². The molecule has 2 N–H and O–H groups in total. The Morgan fingerprint density at radius 1 is 1.17 bits per heavy atom. The van der Waals surface area contributed by atoms with Crippen LogP contribution in [0, 0.1) is 28.4 Å². The first-order valence-electron chi connectivity index (χ1n) is 9.89. The Morgan fingerprint density at radius 2 is 1.77 bits per heavy atom. The summed E-state index contributed by atoms with van der Waals surface area (Å²) in [6.45, 7) is 1.63. The van der Waals surface area contributed by atoms with Crippen LogP contribution in [0.25, 0.3) is 0 Å². The van der Waals surface area contributed by atoms with Crippen LogP contribution in [0.5, 0.6) is 0 Å². The van der Waals surface area contributed by atoms with E-state index in [1.807, 2.05) is 6.07 Å². The second kappa shape index (κ2) is 10.3. The van der Waals surface area contributed by atoms with Crippen LogP contribution in [-0.4, -0.2) is 31.1 Å². The van der Waals surface area contributed by atoms with Crippen molar-refractivity contribution in [3.63, 3.8) is 0 Å². The zero-order chi connectivity index (χ0) is 26.0. The van der Waals surface area contributed by atoms with Gasteiger partial charge in [0.1, 0.15) is 16.0 Å². The number of nitrogens with two attached hydrogens (primary N) is 1. The van der Waals surface area contributed by atoms with Crippen LogP contribution < -0.4 is 10.6 Å². The Hall–Kier alpha value is -3.69. The number of hydrogen-bond donors (Lipinski definition) is 1. The van der Waals surface area contributed by atoms with Crippen molar-refractivity contribution >= 4 is 55.2 Å². The van der Waals surface area contributed by atoms with Crippen molar-refractivity contribution in [3.8, 4) is 6.07 Å². The number of carbonyl (C=O) groups excluding carboxylic acids is 2. The zero-order valence-corrected chi connectivity index (χ0v) is 21.8. The van der Waals surface area contributed by atoms with E-state index >= 15 is 0 Å². The van der Waals surface area contributed by atoms with Gasteiger partial charge >= 0.3 is 11.9 Å². The lowest BCUT2D eigenvalue weighted by atomic mass is 9.80. The first-order chi connectivity index (χ1) is 16.6. The quantitative estimate of drug-likeness (QED) is 0.298. The summed E-state index contributed by atoms with van der Waals surface area (Å²) in [6.07, 6.45) is 0. The fourth-order valence-corrected chi connectivity index (χ4v) is 5.71. The van der Waals surface area contributed by atoms with Crippen molar-refractivity contribution in [3.05, 3.63) is 89.2 Å². The molecular weight excluding hydrogens is 588 g/mol. The first-order valence-corrected chi connectivity index (χ1v) is 11.5. The van der Waals surface area contributed by atoms with E-state index in [2.05, 4.69) is 31.9 Å². The number of halogens is 2. The standard InChI is InChI=1S/C23H18Br2N4O6/c1-11-9-14(24)19(29(32)33)17(25)18(11)28-20(23(31)35-3)16(22(30)34-2)15(13(10-26)21(28)27)12-7-5-4-6-8-12/h4-9,15H,27H2,1-3H3. The van der Waals surface area contributed by atoms with Gasteiger partial charge in [0.25, 0.3) is 5.69 Å². The predicted molar refractivity (Wildman–Crippen MR) is 133 cm³/mol. The topological polar surface area (TPSA) is 149 Å². The number of nitro groups is 1. The Kier molecular flexibility index (Phi) is 7.62. The zero-order valence-electron chi connectivity index (χ0n) is 18.7. The summed E-state index contributed by atoms with van der Waals surface area (Å²) >= 11 is 6.43.